The van der Waals surface area contributed by atoms with Gasteiger partial charge in [0, 0.05) is 25.2 Å². The number of carbonyl (C=O) groups is 1. The van der Waals surface area contributed by atoms with E-state index >= 15 is 0 Å². The number of nitrogens with two attached hydrogens (primary N) is 1. The number of amides is 1. The largest absolute Gasteiger partial charge is 0.383 e. The number of non-ortho nitro benzene ring substituents is 1. The molecule has 0 radical (unpaired) electrons. The highest BCUT2D eigenvalue weighted by molar-refractivity contribution is 6.34. The Hall–Kier alpha value is -3.14. The Morgan fingerprint density at radius 1 is 1.27 bits per heavy atom. The van der Waals surface area contributed by atoms with Crippen molar-refractivity contribution in [1.82, 2.24) is 9.55 Å². The van der Waals surface area contributed by atoms with Crippen molar-refractivity contribution in [2.75, 3.05) is 17.2 Å². The summed E-state index contributed by atoms with van der Waals surface area (Å²) in [5.74, 6) is -0.794. The average molecular weight is 438 g/mol. The Morgan fingerprint density at radius 3 is 2.40 bits per heavy atom. The van der Waals surface area contributed by atoms with Gasteiger partial charge in [-0.3, -0.25) is 29.3 Å². The fraction of sp³-hybridized carbons (Fsp3) is 0.421. The molecule has 0 saturated heterocycles. The minimum atomic E-state index is -0.801. The molecule has 0 aliphatic carbocycles. The van der Waals surface area contributed by atoms with Gasteiger partial charge in [-0.2, -0.15) is 0 Å². The van der Waals surface area contributed by atoms with E-state index < -0.39 is 22.1 Å². The Labute approximate surface area is 177 Å². The predicted molar refractivity (Wildman–Crippen MR) is 115 cm³/mol. The number of halogens is 1. The second-order valence-electron chi connectivity index (χ2n) is 7.73. The molecule has 0 unspecified atom stereocenters. The number of aromatic amines is 1. The minimum absolute atomic E-state index is 0.0247. The van der Waals surface area contributed by atoms with Gasteiger partial charge < -0.3 is 10.6 Å². The monoisotopic (exact) mass is 437 g/mol. The van der Waals surface area contributed by atoms with Crippen LogP contribution in [0.1, 0.15) is 38.1 Å². The minimum Gasteiger partial charge on any atom is -0.383 e. The van der Waals surface area contributed by atoms with Crippen LogP contribution < -0.4 is 21.9 Å². The number of anilines is 2. The van der Waals surface area contributed by atoms with Crippen LogP contribution in [0.2, 0.25) is 5.02 Å². The number of carbonyl (C=O) groups excluding carboxylic acids is 1. The van der Waals surface area contributed by atoms with Gasteiger partial charge in [0.25, 0.3) is 17.2 Å². The van der Waals surface area contributed by atoms with Crippen molar-refractivity contribution in [2.24, 2.45) is 11.8 Å². The maximum atomic E-state index is 13.3. The SMILES string of the molecule is CC(C)CN(C(=O)c1ccc([N+](=O)[O-])cc1Cl)c1c(N)n(CC(C)C)c(=O)[nH]c1=O. The molecule has 2 aromatic rings. The van der Waals surface area contributed by atoms with Gasteiger partial charge >= 0.3 is 5.69 Å². The number of nitrogen functional groups attached to an aromatic ring is 1. The van der Waals surface area contributed by atoms with Crippen molar-refractivity contribution < 1.29 is 9.72 Å². The number of hydrogen-bond donors (Lipinski definition) is 2. The highest BCUT2D eigenvalue weighted by atomic mass is 35.5. The third-order valence-electron chi connectivity index (χ3n) is 4.22. The highest BCUT2D eigenvalue weighted by Crippen LogP contribution is 2.27. The topological polar surface area (TPSA) is 144 Å². The highest BCUT2D eigenvalue weighted by Gasteiger charge is 2.28. The summed E-state index contributed by atoms with van der Waals surface area (Å²) >= 11 is 6.12. The van der Waals surface area contributed by atoms with Crippen LogP contribution in [0.25, 0.3) is 0 Å². The molecule has 11 heteroatoms. The molecular weight excluding hydrogens is 414 g/mol. The first-order valence-electron chi connectivity index (χ1n) is 9.32. The average Bonchev–Trinajstić information content (AvgIpc) is 2.63. The molecule has 0 bridgehead atoms. The lowest BCUT2D eigenvalue weighted by Gasteiger charge is -2.26. The van der Waals surface area contributed by atoms with Crippen LogP contribution in [0.4, 0.5) is 17.2 Å². The van der Waals surface area contributed by atoms with Crippen molar-refractivity contribution in [3.8, 4) is 0 Å². The van der Waals surface area contributed by atoms with E-state index in [2.05, 4.69) is 4.98 Å². The summed E-state index contributed by atoms with van der Waals surface area (Å²) in [5.41, 5.74) is 4.23. The molecule has 2 rings (SSSR count). The number of nitrogens with zero attached hydrogens (tertiary/aromatic N) is 3. The van der Waals surface area contributed by atoms with Crippen LogP contribution in [0.15, 0.2) is 27.8 Å². The fourth-order valence-corrected chi connectivity index (χ4v) is 3.22. The number of nitro groups is 1. The summed E-state index contributed by atoms with van der Waals surface area (Å²) in [6.07, 6.45) is 0. The molecule has 0 aliphatic rings. The zero-order valence-corrected chi connectivity index (χ0v) is 17.9. The van der Waals surface area contributed by atoms with E-state index in [1.165, 1.54) is 10.6 Å². The summed E-state index contributed by atoms with van der Waals surface area (Å²) in [6.45, 7) is 7.79. The molecule has 162 valence electrons. The molecule has 0 atom stereocenters. The molecule has 1 aromatic heterocycles. The normalized spacial score (nSPS) is 11.2. The van der Waals surface area contributed by atoms with Crippen LogP contribution in [0.3, 0.4) is 0 Å². The van der Waals surface area contributed by atoms with Gasteiger partial charge in [-0.25, -0.2) is 4.79 Å². The number of nitro benzene ring substituents is 1. The van der Waals surface area contributed by atoms with Crippen LogP contribution >= 0.6 is 11.6 Å². The van der Waals surface area contributed by atoms with Gasteiger partial charge in [-0.15, -0.1) is 0 Å². The molecule has 0 saturated carbocycles. The molecule has 0 spiro atoms. The van der Waals surface area contributed by atoms with Gasteiger partial charge in [0.2, 0.25) is 0 Å². The molecule has 3 N–H and O–H groups in total. The quantitative estimate of drug-likeness (QED) is 0.503. The van der Waals surface area contributed by atoms with E-state index in [9.17, 15) is 24.5 Å². The predicted octanol–water partition coefficient (Wildman–Crippen LogP) is 2.64. The molecular formula is C19H24ClN5O5. The lowest BCUT2D eigenvalue weighted by Crippen LogP contribution is -2.43. The summed E-state index contributed by atoms with van der Waals surface area (Å²) in [4.78, 5) is 51.8. The van der Waals surface area contributed by atoms with E-state index in [4.69, 9.17) is 17.3 Å². The first kappa shape index (κ1) is 23.1. The van der Waals surface area contributed by atoms with Crippen molar-refractivity contribution in [3.63, 3.8) is 0 Å². The van der Waals surface area contributed by atoms with Gasteiger partial charge in [0.15, 0.2) is 5.69 Å². The first-order chi connectivity index (χ1) is 13.9. The summed E-state index contributed by atoms with van der Waals surface area (Å²) in [6, 6.07) is 3.44. The molecule has 1 heterocycles. The van der Waals surface area contributed by atoms with Crippen LogP contribution in [0, 0.1) is 22.0 Å². The zero-order valence-electron chi connectivity index (χ0n) is 17.1. The number of aromatic nitrogens is 2. The van der Waals surface area contributed by atoms with Crippen molar-refractivity contribution in [2.45, 2.75) is 34.2 Å². The van der Waals surface area contributed by atoms with Crippen LogP contribution in [-0.4, -0.2) is 26.9 Å². The second-order valence-corrected chi connectivity index (χ2v) is 8.14. The summed E-state index contributed by atoms with van der Waals surface area (Å²) < 4.78 is 1.21. The standard InChI is InChI=1S/C19H24ClN5O5/c1-10(2)8-23(18(27)13-6-5-12(25(29)30)7-14(13)20)15-16(21)24(9-11(3)4)19(28)22-17(15)26/h5-7,10-11H,8-9,21H2,1-4H3,(H,22,26,28). The maximum absolute atomic E-state index is 13.3. The van der Waals surface area contributed by atoms with Crippen LogP contribution in [0.5, 0.6) is 0 Å². The zero-order chi connectivity index (χ0) is 22.7. The van der Waals surface area contributed by atoms with E-state index in [0.29, 0.717) is 0 Å². The van der Waals surface area contributed by atoms with Gasteiger partial charge in [0.1, 0.15) is 5.82 Å². The maximum Gasteiger partial charge on any atom is 0.330 e. The third kappa shape index (κ3) is 4.88. The molecule has 1 aromatic carbocycles. The fourth-order valence-electron chi connectivity index (χ4n) is 2.96. The number of benzene rings is 1. The lowest BCUT2D eigenvalue weighted by molar-refractivity contribution is -0.384. The first-order valence-corrected chi connectivity index (χ1v) is 9.70. The number of nitrogens with one attached hydrogen (secondary N) is 1. The van der Waals surface area contributed by atoms with Crippen molar-refractivity contribution in [3.05, 3.63) is 59.7 Å². The van der Waals surface area contributed by atoms with Crippen molar-refractivity contribution >= 4 is 34.7 Å². The van der Waals surface area contributed by atoms with Crippen LogP contribution in [-0.2, 0) is 6.54 Å². The van der Waals surface area contributed by atoms with E-state index in [-0.39, 0.29) is 52.7 Å². The smallest absolute Gasteiger partial charge is 0.330 e. The third-order valence-corrected chi connectivity index (χ3v) is 4.53. The summed E-state index contributed by atoms with van der Waals surface area (Å²) in [7, 11) is 0. The van der Waals surface area contributed by atoms with Gasteiger partial charge in [-0.05, 0) is 17.9 Å². The molecule has 10 nitrogen and oxygen atoms in total. The number of H-pyrrole nitrogens is 1. The Balaban J connectivity index is 2.67. The second kappa shape index (κ2) is 9.12. The van der Waals surface area contributed by atoms with Crippen molar-refractivity contribution in [1.29, 1.82) is 0 Å². The van der Waals surface area contributed by atoms with Gasteiger partial charge in [0.05, 0.1) is 15.5 Å². The van der Waals surface area contributed by atoms with E-state index in [0.717, 1.165) is 17.0 Å². The number of hydrogen-bond acceptors (Lipinski definition) is 6. The van der Waals surface area contributed by atoms with Gasteiger partial charge in [-0.1, -0.05) is 39.3 Å². The Morgan fingerprint density at radius 2 is 1.90 bits per heavy atom. The molecule has 0 fully saturated rings. The van der Waals surface area contributed by atoms with E-state index in [1.807, 2.05) is 27.7 Å². The molecule has 1 amide bonds. The molecule has 0 aliphatic heterocycles. The number of rotatable bonds is 7. The molecule has 30 heavy (non-hydrogen) atoms. The Bertz CT molecular complexity index is 1090. The lowest BCUT2D eigenvalue weighted by atomic mass is 10.1. The summed E-state index contributed by atoms with van der Waals surface area (Å²) in [5, 5.41) is 10.8. The Kier molecular flexibility index (Phi) is 7.04. The van der Waals surface area contributed by atoms with E-state index in [1.54, 1.807) is 0 Å².